The van der Waals surface area contributed by atoms with Gasteiger partial charge in [-0.25, -0.2) is 4.39 Å². The molecule has 0 aliphatic rings. The second-order valence-electron chi connectivity index (χ2n) is 3.56. The third-order valence-electron chi connectivity index (χ3n) is 1.73. The van der Waals surface area contributed by atoms with Gasteiger partial charge in [-0.3, -0.25) is 0 Å². The second-order valence-corrected chi connectivity index (χ2v) is 4.47. The van der Waals surface area contributed by atoms with Crippen LogP contribution in [0.3, 0.4) is 0 Å². The summed E-state index contributed by atoms with van der Waals surface area (Å²) in [5.41, 5.74) is 0.422. The number of phenolic OH excluding ortho intramolecular Hbond substituents is 1. The lowest BCUT2D eigenvalue weighted by atomic mass is 10.2. The maximum absolute atomic E-state index is 13.0. The molecule has 0 saturated carbocycles. The van der Waals surface area contributed by atoms with E-state index >= 15 is 0 Å². The zero-order chi connectivity index (χ0) is 10.7. The Kier molecular flexibility index (Phi) is 3.75. The number of halogens is 2. The molecule has 0 atom stereocenters. The van der Waals surface area contributed by atoms with Gasteiger partial charge in [0, 0.05) is 11.0 Å². The van der Waals surface area contributed by atoms with Gasteiger partial charge in [0.1, 0.15) is 0 Å². The molecule has 4 heteroatoms. The molecule has 0 heterocycles. The zero-order valence-corrected chi connectivity index (χ0v) is 9.73. The van der Waals surface area contributed by atoms with Gasteiger partial charge >= 0.3 is 0 Å². The number of anilines is 1. The number of hydrogen-bond donors (Lipinski definition) is 2. The normalized spacial score (nSPS) is 10.6. The summed E-state index contributed by atoms with van der Waals surface area (Å²) < 4.78 is 13.7. The first-order chi connectivity index (χ1) is 6.50. The Labute approximate surface area is 91.3 Å². The van der Waals surface area contributed by atoms with Crippen molar-refractivity contribution in [2.45, 2.75) is 13.8 Å². The predicted octanol–water partition coefficient (Wildman–Crippen LogP) is 3.36. The van der Waals surface area contributed by atoms with Crippen molar-refractivity contribution in [1.82, 2.24) is 0 Å². The topological polar surface area (TPSA) is 32.3 Å². The standard InChI is InChI=1S/C10H13BrFNO/c1-6(2)5-13-9-4-7(11)3-8(12)10(9)14/h3-4,6,13-14H,5H2,1-2H3. The van der Waals surface area contributed by atoms with Crippen LogP contribution in [0.25, 0.3) is 0 Å². The second kappa shape index (κ2) is 4.64. The van der Waals surface area contributed by atoms with Gasteiger partial charge < -0.3 is 10.4 Å². The van der Waals surface area contributed by atoms with Gasteiger partial charge in [0.25, 0.3) is 0 Å². The molecule has 0 aliphatic heterocycles. The van der Waals surface area contributed by atoms with Crippen molar-refractivity contribution in [1.29, 1.82) is 0 Å². The maximum Gasteiger partial charge on any atom is 0.175 e. The Hall–Kier alpha value is -0.770. The third kappa shape index (κ3) is 2.87. The molecule has 2 N–H and O–H groups in total. The van der Waals surface area contributed by atoms with Crippen molar-refractivity contribution in [3.63, 3.8) is 0 Å². The summed E-state index contributed by atoms with van der Waals surface area (Å²) in [5.74, 6) is -0.504. The molecule has 14 heavy (non-hydrogen) atoms. The SMILES string of the molecule is CC(C)CNc1cc(Br)cc(F)c1O. The highest BCUT2D eigenvalue weighted by molar-refractivity contribution is 9.10. The lowest BCUT2D eigenvalue weighted by Gasteiger charge is -2.11. The molecule has 1 aromatic carbocycles. The van der Waals surface area contributed by atoms with Crippen molar-refractivity contribution in [3.8, 4) is 5.75 Å². The van der Waals surface area contributed by atoms with E-state index in [0.29, 0.717) is 22.6 Å². The number of phenols is 1. The van der Waals surface area contributed by atoms with Crippen LogP contribution in [0.1, 0.15) is 13.8 Å². The number of rotatable bonds is 3. The fraction of sp³-hybridized carbons (Fsp3) is 0.400. The van der Waals surface area contributed by atoms with Crippen LogP contribution in [-0.2, 0) is 0 Å². The van der Waals surface area contributed by atoms with Gasteiger partial charge in [-0.2, -0.15) is 0 Å². The molecule has 0 saturated heterocycles. The van der Waals surface area contributed by atoms with E-state index in [0.717, 1.165) is 0 Å². The van der Waals surface area contributed by atoms with Crippen LogP contribution in [0.15, 0.2) is 16.6 Å². The summed E-state index contributed by atoms with van der Waals surface area (Å²) in [4.78, 5) is 0. The lowest BCUT2D eigenvalue weighted by Crippen LogP contribution is -2.08. The molecule has 0 aliphatic carbocycles. The van der Waals surface area contributed by atoms with Crippen molar-refractivity contribution in [2.24, 2.45) is 5.92 Å². The van der Waals surface area contributed by atoms with Crippen molar-refractivity contribution >= 4 is 21.6 Å². The Morgan fingerprint density at radius 2 is 2.14 bits per heavy atom. The van der Waals surface area contributed by atoms with E-state index < -0.39 is 5.82 Å². The van der Waals surface area contributed by atoms with Crippen LogP contribution in [0.4, 0.5) is 10.1 Å². The quantitative estimate of drug-likeness (QED) is 0.818. The number of nitrogens with one attached hydrogen (secondary N) is 1. The lowest BCUT2D eigenvalue weighted by molar-refractivity contribution is 0.434. The highest BCUT2D eigenvalue weighted by atomic mass is 79.9. The fourth-order valence-electron chi connectivity index (χ4n) is 1.01. The molecule has 1 aromatic rings. The molecule has 0 fully saturated rings. The molecule has 0 radical (unpaired) electrons. The van der Waals surface area contributed by atoms with E-state index in [2.05, 4.69) is 21.2 Å². The molecule has 0 spiro atoms. The summed E-state index contributed by atoms with van der Waals surface area (Å²) in [5, 5.41) is 12.4. The van der Waals surface area contributed by atoms with Crippen LogP contribution in [0.5, 0.6) is 5.75 Å². The van der Waals surface area contributed by atoms with Gasteiger partial charge in [-0.05, 0) is 18.1 Å². The van der Waals surface area contributed by atoms with Crippen LogP contribution >= 0.6 is 15.9 Å². The number of aromatic hydroxyl groups is 1. The largest absolute Gasteiger partial charge is 0.503 e. The molecular formula is C10H13BrFNO. The Morgan fingerprint density at radius 3 is 2.71 bits per heavy atom. The van der Waals surface area contributed by atoms with Gasteiger partial charge in [0.15, 0.2) is 11.6 Å². The minimum absolute atomic E-state index is 0.325. The van der Waals surface area contributed by atoms with Crippen molar-refractivity contribution in [3.05, 3.63) is 22.4 Å². The first kappa shape index (κ1) is 11.3. The highest BCUT2D eigenvalue weighted by Crippen LogP contribution is 2.30. The highest BCUT2D eigenvalue weighted by Gasteiger charge is 2.08. The average Bonchev–Trinajstić information content (AvgIpc) is 2.08. The summed E-state index contributed by atoms with van der Waals surface area (Å²) in [6.45, 7) is 4.78. The molecule has 0 bridgehead atoms. The van der Waals surface area contributed by atoms with Gasteiger partial charge in [0.2, 0.25) is 0 Å². The Balaban J connectivity index is 2.85. The Bertz CT molecular complexity index is 328. The predicted molar refractivity (Wildman–Crippen MR) is 59.1 cm³/mol. The molecule has 2 nitrogen and oxygen atoms in total. The summed E-state index contributed by atoms with van der Waals surface area (Å²) in [6.07, 6.45) is 0. The molecule has 0 amide bonds. The fourth-order valence-corrected chi connectivity index (χ4v) is 1.44. The third-order valence-corrected chi connectivity index (χ3v) is 2.19. The summed E-state index contributed by atoms with van der Waals surface area (Å²) in [6, 6.07) is 2.89. The van der Waals surface area contributed by atoms with Crippen LogP contribution in [-0.4, -0.2) is 11.7 Å². The van der Waals surface area contributed by atoms with Crippen LogP contribution in [0, 0.1) is 11.7 Å². The maximum atomic E-state index is 13.0. The molecule has 0 unspecified atom stereocenters. The Morgan fingerprint density at radius 1 is 1.50 bits per heavy atom. The number of benzene rings is 1. The molecule has 78 valence electrons. The van der Waals surface area contributed by atoms with Crippen molar-refractivity contribution in [2.75, 3.05) is 11.9 Å². The first-order valence-electron chi connectivity index (χ1n) is 4.42. The van der Waals surface area contributed by atoms with E-state index in [1.165, 1.54) is 6.07 Å². The molecule has 1 rings (SSSR count). The van der Waals surface area contributed by atoms with E-state index in [-0.39, 0.29) is 5.75 Å². The summed E-state index contributed by atoms with van der Waals surface area (Å²) >= 11 is 3.16. The van der Waals surface area contributed by atoms with E-state index in [1.807, 2.05) is 13.8 Å². The van der Waals surface area contributed by atoms with Gasteiger partial charge in [-0.1, -0.05) is 29.8 Å². The minimum atomic E-state index is -0.620. The summed E-state index contributed by atoms with van der Waals surface area (Å²) in [7, 11) is 0. The smallest absolute Gasteiger partial charge is 0.175 e. The van der Waals surface area contributed by atoms with Gasteiger partial charge in [0.05, 0.1) is 5.69 Å². The average molecular weight is 262 g/mol. The van der Waals surface area contributed by atoms with Crippen molar-refractivity contribution < 1.29 is 9.50 Å². The minimum Gasteiger partial charge on any atom is -0.503 e. The van der Waals surface area contributed by atoms with Gasteiger partial charge in [-0.15, -0.1) is 0 Å². The van der Waals surface area contributed by atoms with Crippen LogP contribution in [0.2, 0.25) is 0 Å². The molecule has 0 aromatic heterocycles. The number of hydrogen-bond acceptors (Lipinski definition) is 2. The first-order valence-corrected chi connectivity index (χ1v) is 5.22. The van der Waals surface area contributed by atoms with E-state index in [9.17, 15) is 9.50 Å². The monoisotopic (exact) mass is 261 g/mol. The zero-order valence-electron chi connectivity index (χ0n) is 8.14. The van der Waals surface area contributed by atoms with E-state index in [1.54, 1.807) is 6.07 Å². The van der Waals surface area contributed by atoms with Crippen LogP contribution < -0.4 is 5.32 Å². The van der Waals surface area contributed by atoms with E-state index in [4.69, 9.17) is 0 Å². The molecular weight excluding hydrogens is 249 g/mol.